The molecule has 0 saturated carbocycles. The van der Waals surface area contributed by atoms with Gasteiger partial charge in [0, 0.05) is 12.3 Å². The highest BCUT2D eigenvalue weighted by Gasteiger charge is 1.97. The molecular weight excluding hydrogens is 222 g/mol. The molecule has 1 aromatic carbocycles. The second-order valence-electron chi connectivity index (χ2n) is 4.83. The number of anilines is 1. The van der Waals surface area contributed by atoms with Crippen LogP contribution in [0.3, 0.4) is 0 Å². The van der Waals surface area contributed by atoms with Crippen LogP contribution < -0.4 is 5.73 Å². The van der Waals surface area contributed by atoms with E-state index in [9.17, 15) is 0 Å². The Balaban J connectivity index is 1.94. The average Bonchev–Trinajstić information content (AvgIpc) is 2.39. The van der Waals surface area contributed by atoms with Crippen molar-refractivity contribution < 1.29 is 4.74 Å². The Kier molecular flexibility index (Phi) is 8.32. The van der Waals surface area contributed by atoms with Crippen molar-refractivity contribution >= 4 is 5.69 Å². The van der Waals surface area contributed by atoms with Gasteiger partial charge in [0.15, 0.2) is 0 Å². The van der Waals surface area contributed by atoms with Gasteiger partial charge in [0.1, 0.15) is 0 Å². The summed E-state index contributed by atoms with van der Waals surface area (Å²) in [5.41, 5.74) is 7.94. The van der Waals surface area contributed by atoms with Gasteiger partial charge in [-0.1, -0.05) is 57.2 Å². The van der Waals surface area contributed by atoms with E-state index in [0.717, 1.165) is 25.3 Å². The second-order valence-corrected chi connectivity index (χ2v) is 4.83. The SMILES string of the molecule is CCCCCCCCOCCc1ccccc1N. The van der Waals surface area contributed by atoms with Crippen LogP contribution in [-0.4, -0.2) is 13.2 Å². The van der Waals surface area contributed by atoms with Gasteiger partial charge in [0.2, 0.25) is 0 Å². The summed E-state index contributed by atoms with van der Waals surface area (Å²) in [5, 5.41) is 0. The minimum Gasteiger partial charge on any atom is -0.399 e. The number of unbranched alkanes of at least 4 members (excludes halogenated alkanes) is 5. The highest BCUT2D eigenvalue weighted by molar-refractivity contribution is 5.46. The van der Waals surface area contributed by atoms with Crippen molar-refractivity contribution in [3.05, 3.63) is 29.8 Å². The molecule has 2 N–H and O–H groups in total. The fourth-order valence-electron chi connectivity index (χ4n) is 2.03. The number of nitrogens with two attached hydrogens (primary N) is 1. The molecule has 0 radical (unpaired) electrons. The lowest BCUT2D eigenvalue weighted by Gasteiger charge is -2.06. The van der Waals surface area contributed by atoms with Crippen LogP contribution in [0.5, 0.6) is 0 Å². The number of rotatable bonds is 10. The Morgan fingerprint density at radius 1 is 0.944 bits per heavy atom. The van der Waals surface area contributed by atoms with E-state index in [4.69, 9.17) is 10.5 Å². The zero-order valence-corrected chi connectivity index (χ0v) is 11.7. The van der Waals surface area contributed by atoms with E-state index in [0.29, 0.717) is 0 Å². The highest BCUT2D eigenvalue weighted by Crippen LogP contribution is 2.11. The Hall–Kier alpha value is -1.02. The number of benzene rings is 1. The standard InChI is InChI=1S/C16H27NO/c1-2-3-4-5-6-9-13-18-14-12-15-10-7-8-11-16(15)17/h7-8,10-11H,2-6,9,12-14,17H2,1H3. The Bertz CT molecular complexity index is 312. The molecule has 0 heterocycles. The third-order valence-electron chi connectivity index (χ3n) is 3.21. The van der Waals surface area contributed by atoms with Gasteiger partial charge < -0.3 is 10.5 Å². The van der Waals surface area contributed by atoms with Crippen LogP contribution in [0.15, 0.2) is 24.3 Å². The summed E-state index contributed by atoms with van der Waals surface area (Å²) in [6.45, 7) is 3.92. The quantitative estimate of drug-likeness (QED) is 0.498. The summed E-state index contributed by atoms with van der Waals surface area (Å²) in [6.07, 6.45) is 8.81. The molecule has 0 fully saturated rings. The van der Waals surface area contributed by atoms with E-state index in [2.05, 4.69) is 13.0 Å². The molecule has 0 spiro atoms. The van der Waals surface area contributed by atoms with Gasteiger partial charge in [-0.15, -0.1) is 0 Å². The summed E-state index contributed by atoms with van der Waals surface area (Å²) in [5.74, 6) is 0. The normalized spacial score (nSPS) is 10.7. The molecule has 0 aliphatic carbocycles. The molecule has 0 aromatic heterocycles. The molecule has 0 aliphatic heterocycles. The number of para-hydroxylation sites is 1. The van der Waals surface area contributed by atoms with Crippen molar-refractivity contribution in [3.63, 3.8) is 0 Å². The molecule has 0 atom stereocenters. The third-order valence-corrected chi connectivity index (χ3v) is 3.21. The zero-order chi connectivity index (χ0) is 13.1. The van der Waals surface area contributed by atoms with E-state index in [1.807, 2.05) is 18.2 Å². The Morgan fingerprint density at radius 2 is 1.67 bits per heavy atom. The van der Waals surface area contributed by atoms with E-state index in [1.54, 1.807) is 0 Å². The van der Waals surface area contributed by atoms with E-state index < -0.39 is 0 Å². The van der Waals surface area contributed by atoms with E-state index in [-0.39, 0.29) is 0 Å². The first-order valence-corrected chi connectivity index (χ1v) is 7.25. The van der Waals surface area contributed by atoms with E-state index >= 15 is 0 Å². The first-order valence-electron chi connectivity index (χ1n) is 7.25. The zero-order valence-electron chi connectivity index (χ0n) is 11.7. The maximum Gasteiger partial charge on any atom is 0.0507 e. The van der Waals surface area contributed by atoms with Gasteiger partial charge >= 0.3 is 0 Å². The molecule has 2 nitrogen and oxygen atoms in total. The smallest absolute Gasteiger partial charge is 0.0507 e. The second kappa shape index (κ2) is 9.95. The summed E-state index contributed by atoms with van der Waals surface area (Å²) in [4.78, 5) is 0. The summed E-state index contributed by atoms with van der Waals surface area (Å²) in [7, 11) is 0. The van der Waals surface area contributed by atoms with Crippen molar-refractivity contribution in [1.82, 2.24) is 0 Å². The molecule has 2 heteroatoms. The molecule has 18 heavy (non-hydrogen) atoms. The lowest BCUT2D eigenvalue weighted by Crippen LogP contribution is -2.02. The Morgan fingerprint density at radius 3 is 2.44 bits per heavy atom. The van der Waals surface area contributed by atoms with Gasteiger partial charge in [-0.2, -0.15) is 0 Å². The predicted octanol–water partition coefficient (Wildman–Crippen LogP) is 4.19. The maximum atomic E-state index is 5.87. The fourth-order valence-corrected chi connectivity index (χ4v) is 2.03. The molecule has 0 aliphatic rings. The first-order chi connectivity index (χ1) is 8.84. The summed E-state index contributed by atoms with van der Waals surface area (Å²) < 4.78 is 5.64. The maximum absolute atomic E-state index is 5.87. The van der Waals surface area contributed by atoms with Crippen LogP contribution in [0.2, 0.25) is 0 Å². The molecule has 0 unspecified atom stereocenters. The van der Waals surface area contributed by atoms with Crippen LogP contribution >= 0.6 is 0 Å². The minimum absolute atomic E-state index is 0.781. The topological polar surface area (TPSA) is 35.2 Å². The van der Waals surface area contributed by atoms with Gasteiger partial charge in [-0.05, 0) is 24.5 Å². The largest absolute Gasteiger partial charge is 0.399 e. The van der Waals surface area contributed by atoms with Crippen molar-refractivity contribution in [2.24, 2.45) is 0 Å². The number of hydrogen-bond acceptors (Lipinski definition) is 2. The highest BCUT2D eigenvalue weighted by atomic mass is 16.5. The fraction of sp³-hybridized carbons (Fsp3) is 0.625. The number of ether oxygens (including phenoxy) is 1. The number of hydrogen-bond donors (Lipinski definition) is 1. The lowest BCUT2D eigenvalue weighted by molar-refractivity contribution is 0.133. The first kappa shape index (κ1) is 15.0. The molecule has 0 bridgehead atoms. The Labute approximate surface area is 112 Å². The predicted molar refractivity (Wildman–Crippen MR) is 78.8 cm³/mol. The molecule has 0 amide bonds. The summed E-state index contributed by atoms with van der Waals surface area (Å²) in [6, 6.07) is 8.02. The van der Waals surface area contributed by atoms with Gasteiger partial charge in [-0.3, -0.25) is 0 Å². The van der Waals surface area contributed by atoms with Crippen LogP contribution in [0.25, 0.3) is 0 Å². The summed E-state index contributed by atoms with van der Waals surface area (Å²) >= 11 is 0. The van der Waals surface area contributed by atoms with Gasteiger partial charge in [0.25, 0.3) is 0 Å². The molecule has 1 aromatic rings. The van der Waals surface area contributed by atoms with Crippen LogP contribution in [-0.2, 0) is 11.2 Å². The van der Waals surface area contributed by atoms with Crippen molar-refractivity contribution in [1.29, 1.82) is 0 Å². The van der Waals surface area contributed by atoms with Crippen molar-refractivity contribution in [2.75, 3.05) is 18.9 Å². The van der Waals surface area contributed by atoms with Crippen LogP contribution in [0.1, 0.15) is 51.0 Å². The van der Waals surface area contributed by atoms with Gasteiger partial charge in [0.05, 0.1) is 6.61 Å². The number of nitrogen functional groups attached to an aromatic ring is 1. The molecule has 1 rings (SSSR count). The van der Waals surface area contributed by atoms with E-state index in [1.165, 1.54) is 44.1 Å². The molecular formula is C16H27NO. The lowest BCUT2D eigenvalue weighted by atomic mass is 10.1. The van der Waals surface area contributed by atoms with Crippen LogP contribution in [0.4, 0.5) is 5.69 Å². The van der Waals surface area contributed by atoms with Crippen molar-refractivity contribution in [2.45, 2.75) is 51.9 Å². The molecule has 0 saturated heterocycles. The van der Waals surface area contributed by atoms with Gasteiger partial charge in [-0.25, -0.2) is 0 Å². The monoisotopic (exact) mass is 249 g/mol. The van der Waals surface area contributed by atoms with Crippen molar-refractivity contribution in [3.8, 4) is 0 Å². The third kappa shape index (κ3) is 6.65. The van der Waals surface area contributed by atoms with Crippen LogP contribution in [0, 0.1) is 0 Å². The average molecular weight is 249 g/mol. The molecule has 102 valence electrons. The minimum atomic E-state index is 0.781.